The summed E-state index contributed by atoms with van der Waals surface area (Å²) in [6.45, 7) is 4.21. The molecular formula is C37H40F3N5O8. The lowest BCUT2D eigenvalue weighted by molar-refractivity contribution is -0.123. The maximum atomic E-state index is 14.9. The van der Waals surface area contributed by atoms with E-state index in [4.69, 9.17) is 9.47 Å². The Bertz CT molecular complexity index is 2100. The molecule has 0 aliphatic carbocycles. The highest BCUT2D eigenvalue weighted by atomic mass is 19.1. The molecule has 0 saturated carbocycles. The summed E-state index contributed by atoms with van der Waals surface area (Å²) in [5.41, 5.74) is -1.63. The van der Waals surface area contributed by atoms with Gasteiger partial charge >= 0.3 is 12.2 Å². The number of amides is 3. The van der Waals surface area contributed by atoms with Crippen LogP contribution in [0.15, 0.2) is 71.7 Å². The number of carbonyl (C=O) groups excluding carboxylic acids is 4. The Kier molecular flexibility index (Phi) is 12.7. The molecule has 4 aromatic rings. The van der Waals surface area contributed by atoms with Gasteiger partial charge in [-0.15, -0.1) is 0 Å². The van der Waals surface area contributed by atoms with Gasteiger partial charge < -0.3 is 34.3 Å². The minimum absolute atomic E-state index is 0.0234. The number of fused-ring (bicyclic) bond motifs is 1. The van der Waals surface area contributed by atoms with E-state index >= 15 is 0 Å². The van der Waals surface area contributed by atoms with E-state index in [1.54, 1.807) is 40.9 Å². The molecule has 2 heterocycles. The Morgan fingerprint density at radius 3 is 2.40 bits per heavy atom. The van der Waals surface area contributed by atoms with E-state index < -0.39 is 59.4 Å². The molecule has 0 bridgehead atoms. The molecule has 4 rings (SSSR count). The SMILES string of the molecule is COC(=O)NC(CCC=CC(=O)N(C)C)C(=O)Nc1cccn(Cc2cc3cc(F)cc(OCc4ccc(F)cc4F)c3n2C(=O)OC(C)(C)C)c1=O. The highest BCUT2D eigenvalue weighted by molar-refractivity contribution is 5.97. The lowest BCUT2D eigenvalue weighted by atomic mass is 10.1. The number of pyridine rings is 1. The Hall–Kier alpha value is -6.06. The summed E-state index contributed by atoms with van der Waals surface area (Å²) in [6, 6.07) is 8.18. The van der Waals surface area contributed by atoms with Crippen molar-refractivity contribution in [2.75, 3.05) is 26.5 Å². The van der Waals surface area contributed by atoms with E-state index in [1.807, 2.05) is 0 Å². The van der Waals surface area contributed by atoms with Gasteiger partial charge in [-0.2, -0.15) is 0 Å². The van der Waals surface area contributed by atoms with Crippen LogP contribution < -0.4 is 20.9 Å². The normalized spacial score (nSPS) is 12.0. The molecule has 1 atom stereocenters. The Balaban J connectivity index is 1.68. The van der Waals surface area contributed by atoms with Gasteiger partial charge in [0.2, 0.25) is 11.8 Å². The van der Waals surface area contributed by atoms with Crippen molar-refractivity contribution in [3.05, 3.63) is 106 Å². The van der Waals surface area contributed by atoms with Gasteiger partial charge in [-0.25, -0.2) is 27.3 Å². The van der Waals surface area contributed by atoms with Crippen LogP contribution in [0.5, 0.6) is 5.75 Å². The molecule has 0 aliphatic rings. The lowest BCUT2D eigenvalue weighted by Gasteiger charge is -2.22. The molecule has 0 radical (unpaired) electrons. The minimum atomic E-state index is -1.15. The van der Waals surface area contributed by atoms with Crippen molar-refractivity contribution < 1.29 is 46.6 Å². The summed E-state index contributed by atoms with van der Waals surface area (Å²) in [5, 5.41) is 5.13. The molecule has 16 heteroatoms. The molecule has 2 aromatic carbocycles. The Morgan fingerprint density at radius 2 is 1.74 bits per heavy atom. The Labute approximate surface area is 302 Å². The predicted octanol–water partition coefficient (Wildman–Crippen LogP) is 5.72. The van der Waals surface area contributed by atoms with Gasteiger partial charge in [-0.3, -0.25) is 14.4 Å². The second kappa shape index (κ2) is 17.0. The largest absolute Gasteiger partial charge is 0.486 e. The molecule has 282 valence electrons. The summed E-state index contributed by atoms with van der Waals surface area (Å²) in [6.07, 6.45) is 2.79. The number of carbonyl (C=O) groups is 4. The minimum Gasteiger partial charge on any atom is -0.486 e. The number of anilines is 1. The van der Waals surface area contributed by atoms with Gasteiger partial charge in [0.1, 0.15) is 52.7 Å². The molecule has 53 heavy (non-hydrogen) atoms. The van der Waals surface area contributed by atoms with Crippen molar-refractivity contribution in [2.45, 2.75) is 58.4 Å². The molecule has 2 N–H and O–H groups in total. The first kappa shape index (κ1) is 39.7. The maximum Gasteiger partial charge on any atom is 0.419 e. The van der Waals surface area contributed by atoms with Crippen LogP contribution in [0.1, 0.15) is 44.9 Å². The quantitative estimate of drug-likeness (QED) is 0.175. The van der Waals surface area contributed by atoms with Crippen LogP contribution in [0, 0.1) is 17.5 Å². The average Bonchev–Trinajstić information content (AvgIpc) is 3.44. The van der Waals surface area contributed by atoms with Crippen molar-refractivity contribution in [3.63, 3.8) is 0 Å². The maximum absolute atomic E-state index is 14.9. The molecular weight excluding hydrogens is 699 g/mol. The number of halogens is 3. The van der Waals surface area contributed by atoms with Crippen molar-refractivity contribution in [1.82, 2.24) is 19.4 Å². The molecule has 0 aliphatic heterocycles. The standard InChI is InChI=1S/C37H40F3N5O8/c1-37(2,3)53-36(50)45-26(17-23-16-25(39)19-30(32(23)45)52-21-22-13-14-24(38)18-27(22)40)20-44-15-9-11-29(34(44)48)41-33(47)28(42-35(49)51-6)10-7-8-12-31(46)43(4)5/h8-9,11-19,28H,7,10,20-21H2,1-6H3,(H,41,47)(H,42,49). The van der Waals surface area contributed by atoms with E-state index in [0.717, 1.165) is 29.9 Å². The van der Waals surface area contributed by atoms with E-state index in [-0.39, 0.29) is 58.9 Å². The zero-order valence-corrected chi connectivity index (χ0v) is 30.0. The average molecular weight is 740 g/mol. The third-order valence-electron chi connectivity index (χ3n) is 7.60. The lowest BCUT2D eigenvalue weighted by Crippen LogP contribution is -2.44. The van der Waals surface area contributed by atoms with Crippen LogP contribution in [0.3, 0.4) is 0 Å². The summed E-state index contributed by atoms with van der Waals surface area (Å²) >= 11 is 0. The smallest absolute Gasteiger partial charge is 0.419 e. The highest BCUT2D eigenvalue weighted by Crippen LogP contribution is 2.33. The number of ether oxygens (including phenoxy) is 3. The van der Waals surface area contributed by atoms with Crippen molar-refractivity contribution in [2.24, 2.45) is 0 Å². The number of nitrogens with zero attached hydrogens (tertiary/aromatic N) is 3. The number of rotatable bonds is 12. The van der Waals surface area contributed by atoms with Crippen molar-refractivity contribution in [3.8, 4) is 5.75 Å². The zero-order valence-electron chi connectivity index (χ0n) is 30.0. The van der Waals surface area contributed by atoms with E-state index in [0.29, 0.717) is 6.07 Å². The number of methoxy groups -OCH3 is 1. The third kappa shape index (κ3) is 10.5. The van der Waals surface area contributed by atoms with Gasteiger partial charge in [-0.05, 0) is 76.1 Å². The van der Waals surface area contributed by atoms with Gasteiger partial charge in [-0.1, -0.05) is 6.08 Å². The molecule has 0 fully saturated rings. The van der Waals surface area contributed by atoms with Gasteiger partial charge in [0.05, 0.1) is 19.3 Å². The fraction of sp³-hybridized carbons (Fsp3) is 0.324. The van der Waals surface area contributed by atoms with Crippen molar-refractivity contribution in [1.29, 1.82) is 0 Å². The molecule has 3 amide bonds. The van der Waals surface area contributed by atoms with E-state index in [1.165, 1.54) is 46.0 Å². The number of alkyl carbamates (subject to hydrolysis) is 1. The topological polar surface area (TPSA) is 150 Å². The number of allylic oxidation sites excluding steroid dienone is 1. The third-order valence-corrected chi connectivity index (χ3v) is 7.60. The summed E-state index contributed by atoms with van der Waals surface area (Å²) in [5.74, 6) is -3.57. The van der Waals surface area contributed by atoms with Crippen LogP contribution in [-0.2, 0) is 32.2 Å². The predicted molar refractivity (Wildman–Crippen MR) is 189 cm³/mol. The number of hydrogen-bond donors (Lipinski definition) is 2. The second-order valence-electron chi connectivity index (χ2n) is 13.1. The van der Waals surface area contributed by atoms with E-state index in [2.05, 4.69) is 15.4 Å². The van der Waals surface area contributed by atoms with Crippen LogP contribution in [0.2, 0.25) is 0 Å². The Morgan fingerprint density at radius 1 is 1.00 bits per heavy atom. The van der Waals surface area contributed by atoms with Gasteiger partial charge in [0.25, 0.3) is 5.56 Å². The monoisotopic (exact) mass is 739 g/mol. The van der Waals surface area contributed by atoms with Crippen LogP contribution in [0.25, 0.3) is 10.9 Å². The first-order valence-corrected chi connectivity index (χ1v) is 16.3. The van der Waals surface area contributed by atoms with Gasteiger partial charge in [0, 0.05) is 43.4 Å². The number of hydrogen-bond acceptors (Lipinski definition) is 8. The second-order valence-corrected chi connectivity index (χ2v) is 13.1. The molecule has 0 saturated heterocycles. The number of aromatic nitrogens is 2. The summed E-state index contributed by atoms with van der Waals surface area (Å²) in [7, 11) is 4.29. The zero-order chi connectivity index (χ0) is 39.0. The molecule has 1 unspecified atom stereocenters. The molecule has 2 aromatic heterocycles. The highest BCUT2D eigenvalue weighted by Gasteiger charge is 2.26. The van der Waals surface area contributed by atoms with Crippen LogP contribution in [-0.4, -0.2) is 70.9 Å². The molecule has 13 nitrogen and oxygen atoms in total. The fourth-order valence-corrected chi connectivity index (χ4v) is 5.09. The van der Waals surface area contributed by atoms with Crippen LogP contribution in [0.4, 0.5) is 28.4 Å². The van der Waals surface area contributed by atoms with E-state index in [9.17, 15) is 37.1 Å². The number of benzene rings is 2. The van der Waals surface area contributed by atoms with Gasteiger partial charge in [0.15, 0.2) is 0 Å². The van der Waals surface area contributed by atoms with Crippen molar-refractivity contribution >= 4 is 40.6 Å². The first-order chi connectivity index (χ1) is 25.0. The number of nitrogens with one attached hydrogen (secondary N) is 2. The first-order valence-electron chi connectivity index (χ1n) is 16.3. The number of likely N-dealkylation sites (N-methyl/N-ethyl adjacent to an activating group) is 1. The summed E-state index contributed by atoms with van der Waals surface area (Å²) < 4.78 is 61.1. The van der Waals surface area contributed by atoms with Crippen LogP contribution >= 0.6 is 0 Å². The fourth-order valence-electron chi connectivity index (χ4n) is 5.09. The molecule has 0 spiro atoms. The summed E-state index contributed by atoms with van der Waals surface area (Å²) in [4.78, 5) is 65.9.